The Labute approximate surface area is 160 Å². The smallest absolute Gasteiger partial charge is 0.307 e. The molecule has 0 aromatic heterocycles. The molecule has 2 heterocycles. The van der Waals surface area contributed by atoms with Crippen LogP contribution >= 0.6 is 0 Å². The minimum absolute atomic E-state index is 0.216. The number of aliphatic carboxylic acids is 1. The molecular weight excluding hydrogens is 340 g/mol. The molecule has 1 unspecified atom stereocenters. The Morgan fingerprint density at radius 3 is 2.70 bits per heavy atom. The molecule has 0 saturated carbocycles. The predicted molar refractivity (Wildman–Crippen MR) is 106 cm³/mol. The van der Waals surface area contributed by atoms with Crippen LogP contribution < -0.4 is 9.64 Å². The molecule has 0 aliphatic carbocycles. The number of para-hydroxylation sites is 3. The molecule has 0 amide bonds. The van der Waals surface area contributed by atoms with Gasteiger partial charge in [0, 0.05) is 24.3 Å². The summed E-state index contributed by atoms with van der Waals surface area (Å²) in [6.07, 6.45) is 2.76. The first kappa shape index (κ1) is 17.9. The maximum Gasteiger partial charge on any atom is 0.307 e. The molecule has 2 aromatic rings. The van der Waals surface area contributed by atoms with E-state index in [0.29, 0.717) is 13.2 Å². The molecule has 2 aliphatic heterocycles. The largest absolute Gasteiger partial charge is 0.487 e. The van der Waals surface area contributed by atoms with E-state index in [1.54, 1.807) is 0 Å². The van der Waals surface area contributed by atoms with Gasteiger partial charge in [-0.15, -0.1) is 0 Å². The Morgan fingerprint density at radius 2 is 1.85 bits per heavy atom. The molecule has 2 aliphatic rings. The average molecular weight is 366 g/mol. The minimum atomic E-state index is -0.660. The van der Waals surface area contributed by atoms with E-state index in [9.17, 15) is 9.90 Å². The van der Waals surface area contributed by atoms with Crippen molar-refractivity contribution in [2.45, 2.75) is 25.9 Å². The lowest BCUT2D eigenvalue weighted by atomic mass is 9.98. The minimum Gasteiger partial charge on any atom is -0.487 e. The summed E-state index contributed by atoms with van der Waals surface area (Å²) in [6.45, 7) is 4.05. The van der Waals surface area contributed by atoms with Crippen molar-refractivity contribution in [3.8, 4) is 5.75 Å². The summed E-state index contributed by atoms with van der Waals surface area (Å²) in [4.78, 5) is 15.9. The maximum absolute atomic E-state index is 11.3. The zero-order valence-corrected chi connectivity index (χ0v) is 15.5. The summed E-state index contributed by atoms with van der Waals surface area (Å²) in [5.74, 6) is 0.0385. The van der Waals surface area contributed by atoms with Gasteiger partial charge in [0.2, 0.25) is 0 Å². The van der Waals surface area contributed by atoms with Crippen LogP contribution in [0.4, 0.5) is 11.4 Å². The number of ether oxygens (including phenoxy) is 1. The third kappa shape index (κ3) is 3.93. The Hall–Kier alpha value is -2.53. The van der Waals surface area contributed by atoms with Crippen molar-refractivity contribution >= 4 is 17.3 Å². The zero-order chi connectivity index (χ0) is 18.6. The summed E-state index contributed by atoms with van der Waals surface area (Å²) < 4.78 is 6.02. The Morgan fingerprint density at radius 1 is 1.07 bits per heavy atom. The van der Waals surface area contributed by atoms with Gasteiger partial charge in [-0.3, -0.25) is 4.79 Å². The van der Waals surface area contributed by atoms with E-state index in [-0.39, 0.29) is 5.92 Å². The molecule has 5 heteroatoms. The van der Waals surface area contributed by atoms with Crippen molar-refractivity contribution < 1.29 is 14.6 Å². The Bertz CT molecular complexity index is 760. The van der Waals surface area contributed by atoms with Gasteiger partial charge >= 0.3 is 5.97 Å². The second-order valence-corrected chi connectivity index (χ2v) is 7.37. The quantitative estimate of drug-likeness (QED) is 0.870. The molecule has 142 valence electrons. The van der Waals surface area contributed by atoms with Gasteiger partial charge < -0.3 is 19.6 Å². The van der Waals surface area contributed by atoms with E-state index in [4.69, 9.17) is 4.74 Å². The number of benzene rings is 2. The summed E-state index contributed by atoms with van der Waals surface area (Å²) in [7, 11) is 0. The number of piperidine rings is 1. The van der Waals surface area contributed by atoms with E-state index in [1.165, 1.54) is 11.3 Å². The Balaban J connectivity index is 1.47. The second kappa shape index (κ2) is 8.01. The normalized spacial score (nSPS) is 19.6. The first-order valence-electron chi connectivity index (χ1n) is 9.75. The van der Waals surface area contributed by atoms with E-state index < -0.39 is 5.97 Å². The SMILES string of the molecule is O=C(O)C1CCCN(CCCN2c3ccccc3COc3ccccc32)C1. The third-order valence-corrected chi connectivity index (χ3v) is 5.53. The van der Waals surface area contributed by atoms with E-state index in [0.717, 1.165) is 50.3 Å². The van der Waals surface area contributed by atoms with Crippen LogP contribution in [-0.4, -0.2) is 42.2 Å². The highest BCUT2D eigenvalue weighted by Gasteiger charge is 2.26. The van der Waals surface area contributed by atoms with Crippen LogP contribution in [0.2, 0.25) is 0 Å². The maximum atomic E-state index is 11.3. The molecule has 0 radical (unpaired) electrons. The van der Waals surface area contributed by atoms with Crippen molar-refractivity contribution in [3.05, 3.63) is 54.1 Å². The number of rotatable bonds is 5. The molecule has 1 N–H and O–H groups in total. The van der Waals surface area contributed by atoms with Gasteiger partial charge in [-0.05, 0) is 50.6 Å². The molecule has 4 rings (SSSR count). The molecule has 0 spiro atoms. The fourth-order valence-corrected chi connectivity index (χ4v) is 4.14. The number of hydrogen-bond acceptors (Lipinski definition) is 4. The number of nitrogens with zero attached hydrogens (tertiary/aromatic N) is 2. The lowest BCUT2D eigenvalue weighted by Crippen LogP contribution is -2.39. The average Bonchev–Trinajstić information content (AvgIpc) is 2.86. The van der Waals surface area contributed by atoms with Crippen LogP contribution in [0.15, 0.2) is 48.5 Å². The highest BCUT2D eigenvalue weighted by molar-refractivity contribution is 5.72. The van der Waals surface area contributed by atoms with Crippen LogP contribution in [0.1, 0.15) is 24.8 Å². The molecule has 5 nitrogen and oxygen atoms in total. The lowest BCUT2D eigenvalue weighted by molar-refractivity contribution is -0.143. The number of carbonyl (C=O) groups is 1. The van der Waals surface area contributed by atoms with Crippen molar-refractivity contribution in [2.24, 2.45) is 5.92 Å². The molecule has 0 bridgehead atoms. The number of hydrogen-bond donors (Lipinski definition) is 1. The summed E-state index contributed by atoms with van der Waals surface area (Å²) in [5, 5.41) is 9.29. The van der Waals surface area contributed by atoms with E-state index >= 15 is 0 Å². The fraction of sp³-hybridized carbons (Fsp3) is 0.409. The molecular formula is C22H26N2O3. The summed E-state index contributed by atoms with van der Waals surface area (Å²) >= 11 is 0. The van der Waals surface area contributed by atoms with Crippen LogP contribution in [0, 0.1) is 5.92 Å². The Kier molecular flexibility index (Phi) is 5.30. The highest BCUT2D eigenvalue weighted by Crippen LogP contribution is 2.39. The van der Waals surface area contributed by atoms with Crippen molar-refractivity contribution in [3.63, 3.8) is 0 Å². The molecule has 2 aromatic carbocycles. The second-order valence-electron chi connectivity index (χ2n) is 7.37. The van der Waals surface area contributed by atoms with E-state index in [2.05, 4.69) is 40.1 Å². The van der Waals surface area contributed by atoms with Gasteiger partial charge in [-0.25, -0.2) is 0 Å². The number of anilines is 2. The topological polar surface area (TPSA) is 53.0 Å². The van der Waals surface area contributed by atoms with Gasteiger partial charge in [0.1, 0.15) is 12.4 Å². The summed E-state index contributed by atoms with van der Waals surface area (Å²) in [5.41, 5.74) is 3.49. The molecule has 1 saturated heterocycles. The first-order chi connectivity index (χ1) is 13.2. The fourth-order valence-electron chi connectivity index (χ4n) is 4.14. The molecule has 1 atom stereocenters. The number of likely N-dealkylation sites (tertiary alicyclic amines) is 1. The molecule has 27 heavy (non-hydrogen) atoms. The third-order valence-electron chi connectivity index (χ3n) is 5.53. The van der Waals surface area contributed by atoms with Gasteiger partial charge in [0.15, 0.2) is 0 Å². The highest BCUT2D eigenvalue weighted by atomic mass is 16.5. The monoisotopic (exact) mass is 366 g/mol. The standard InChI is InChI=1S/C22H26N2O3/c25-22(26)17-8-5-12-23(15-17)13-6-14-24-19-9-2-1-7-18(19)16-27-21-11-4-3-10-20(21)24/h1-4,7,9-11,17H,5-6,8,12-16H2,(H,25,26). The number of fused-ring (bicyclic) bond motifs is 2. The van der Waals surface area contributed by atoms with Crippen LogP contribution in [-0.2, 0) is 11.4 Å². The van der Waals surface area contributed by atoms with Gasteiger partial charge in [0.05, 0.1) is 11.6 Å². The predicted octanol–water partition coefficient (Wildman–Crippen LogP) is 3.90. The van der Waals surface area contributed by atoms with Crippen LogP contribution in [0.5, 0.6) is 5.75 Å². The number of carboxylic acid groups (broad SMARTS) is 1. The zero-order valence-electron chi connectivity index (χ0n) is 15.5. The van der Waals surface area contributed by atoms with Crippen molar-refractivity contribution in [1.29, 1.82) is 0 Å². The van der Waals surface area contributed by atoms with E-state index in [1.807, 2.05) is 18.2 Å². The van der Waals surface area contributed by atoms with Crippen LogP contribution in [0.3, 0.4) is 0 Å². The van der Waals surface area contributed by atoms with Gasteiger partial charge in [-0.1, -0.05) is 30.3 Å². The number of carboxylic acids is 1. The lowest BCUT2D eigenvalue weighted by Gasteiger charge is -2.32. The van der Waals surface area contributed by atoms with Crippen LogP contribution in [0.25, 0.3) is 0 Å². The summed E-state index contributed by atoms with van der Waals surface area (Å²) in [6, 6.07) is 16.6. The molecule has 1 fully saturated rings. The van der Waals surface area contributed by atoms with Crippen molar-refractivity contribution in [1.82, 2.24) is 4.90 Å². The van der Waals surface area contributed by atoms with Gasteiger partial charge in [0.25, 0.3) is 0 Å². The first-order valence-corrected chi connectivity index (χ1v) is 9.75. The van der Waals surface area contributed by atoms with Gasteiger partial charge in [-0.2, -0.15) is 0 Å². The van der Waals surface area contributed by atoms with Crippen molar-refractivity contribution in [2.75, 3.05) is 31.1 Å².